The Bertz CT molecular complexity index is 1060. The van der Waals surface area contributed by atoms with Crippen LogP contribution in [0.25, 0.3) is 10.2 Å². The van der Waals surface area contributed by atoms with Crippen molar-refractivity contribution >= 4 is 33.1 Å². The van der Waals surface area contributed by atoms with E-state index in [0.29, 0.717) is 6.42 Å². The van der Waals surface area contributed by atoms with Gasteiger partial charge in [0.1, 0.15) is 16.5 Å². The van der Waals surface area contributed by atoms with E-state index < -0.39 is 0 Å². The minimum Gasteiger partial charge on any atom is -0.379 e. The van der Waals surface area contributed by atoms with Crippen LogP contribution in [-0.2, 0) is 30.5 Å². The Morgan fingerprint density at radius 2 is 1.97 bits per heavy atom. The third-order valence-electron chi connectivity index (χ3n) is 5.58. The molecule has 1 saturated heterocycles. The fourth-order valence-electron chi connectivity index (χ4n) is 4.09. The zero-order chi connectivity index (χ0) is 19.6. The molecule has 0 saturated carbocycles. The van der Waals surface area contributed by atoms with Crippen molar-refractivity contribution in [2.75, 3.05) is 31.6 Å². The molecule has 2 aromatic heterocycles. The summed E-state index contributed by atoms with van der Waals surface area (Å²) >= 11 is 1.83. The van der Waals surface area contributed by atoms with E-state index in [2.05, 4.69) is 16.3 Å². The predicted molar refractivity (Wildman–Crippen MR) is 115 cm³/mol. The van der Waals surface area contributed by atoms with Gasteiger partial charge in [0.25, 0.3) is 0 Å². The minimum absolute atomic E-state index is 0.430. The third kappa shape index (κ3) is 3.84. The lowest BCUT2D eigenvalue weighted by Crippen LogP contribution is -2.36. The highest BCUT2D eigenvalue weighted by molar-refractivity contribution is 7.19. The Morgan fingerprint density at radius 3 is 2.76 bits per heavy atom. The summed E-state index contributed by atoms with van der Waals surface area (Å²) in [6.07, 6.45) is 3.91. The van der Waals surface area contributed by atoms with Gasteiger partial charge in [-0.1, -0.05) is 12.1 Å². The number of nitriles is 1. The summed E-state index contributed by atoms with van der Waals surface area (Å²) in [5.41, 5.74) is 3.43. The number of anilines is 2. The van der Waals surface area contributed by atoms with Gasteiger partial charge in [0.2, 0.25) is 0 Å². The lowest BCUT2D eigenvalue weighted by atomic mass is 10.1. The van der Waals surface area contributed by atoms with E-state index >= 15 is 0 Å². The van der Waals surface area contributed by atoms with Gasteiger partial charge in [-0.15, -0.1) is 11.3 Å². The number of aryl methyl sites for hydroxylation is 2. The van der Waals surface area contributed by atoms with Gasteiger partial charge in [-0.25, -0.2) is 9.97 Å². The summed E-state index contributed by atoms with van der Waals surface area (Å²) in [6.45, 7) is 4.14. The van der Waals surface area contributed by atoms with Crippen molar-refractivity contribution in [3.8, 4) is 6.07 Å². The molecule has 148 valence electrons. The summed E-state index contributed by atoms with van der Waals surface area (Å²) in [7, 11) is 0. The number of hydrogen-bond acceptors (Lipinski definition) is 7. The smallest absolute Gasteiger partial charge is 0.146 e. The van der Waals surface area contributed by atoms with Crippen molar-refractivity contribution in [3.05, 3.63) is 46.1 Å². The number of ether oxygens (including phenoxy) is 1. The van der Waals surface area contributed by atoms with E-state index in [9.17, 15) is 0 Å². The van der Waals surface area contributed by atoms with Crippen molar-refractivity contribution in [2.24, 2.45) is 0 Å². The molecule has 0 amide bonds. The summed E-state index contributed by atoms with van der Waals surface area (Å²) in [5, 5.41) is 13.6. The maximum atomic E-state index is 8.88. The standard InChI is InChI=1S/C22H23N5OS/c23-9-8-15-4-6-16(7-5-15)24-21-20-17-2-1-3-18(17)29-22(20)26-19(25-21)14-27-10-12-28-13-11-27/h4-7H,1-3,8,10-14H2,(H,24,25,26). The van der Waals surface area contributed by atoms with Gasteiger partial charge in [0, 0.05) is 23.7 Å². The molecule has 1 aliphatic heterocycles. The summed E-state index contributed by atoms with van der Waals surface area (Å²) in [5.74, 6) is 1.77. The van der Waals surface area contributed by atoms with E-state index in [0.717, 1.165) is 73.4 Å². The molecular formula is C22H23N5OS. The number of nitrogens with one attached hydrogen (secondary N) is 1. The van der Waals surface area contributed by atoms with Gasteiger partial charge in [-0.05, 0) is 42.5 Å². The second-order valence-electron chi connectivity index (χ2n) is 7.57. The number of thiophene rings is 1. The molecule has 3 aromatic rings. The second-order valence-corrected chi connectivity index (χ2v) is 8.65. The molecule has 29 heavy (non-hydrogen) atoms. The van der Waals surface area contributed by atoms with Crippen LogP contribution in [-0.4, -0.2) is 41.2 Å². The number of hydrogen-bond donors (Lipinski definition) is 1. The molecule has 0 atom stereocenters. The van der Waals surface area contributed by atoms with E-state index in [1.165, 1.54) is 22.2 Å². The zero-order valence-electron chi connectivity index (χ0n) is 16.3. The topological polar surface area (TPSA) is 74.1 Å². The second kappa shape index (κ2) is 8.07. The lowest BCUT2D eigenvalue weighted by Gasteiger charge is -2.25. The maximum absolute atomic E-state index is 8.88. The number of fused-ring (bicyclic) bond motifs is 3. The van der Waals surface area contributed by atoms with Gasteiger partial charge in [0.15, 0.2) is 0 Å². The molecule has 1 aromatic carbocycles. The van der Waals surface area contributed by atoms with Crippen molar-refractivity contribution < 1.29 is 4.74 Å². The third-order valence-corrected chi connectivity index (χ3v) is 6.77. The molecule has 5 rings (SSSR count). The molecule has 0 radical (unpaired) electrons. The highest BCUT2D eigenvalue weighted by Crippen LogP contribution is 2.40. The summed E-state index contributed by atoms with van der Waals surface area (Å²) < 4.78 is 5.47. The highest BCUT2D eigenvalue weighted by atomic mass is 32.1. The first-order valence-corrected chi connectivity index (χ1v) is 11.0. The molecule has 7 heteroatoms. The van der Waals surface area contributed by atoms with Gasteiger partial charge in [0.05, 0.1) is 37.6 Å². The van der Waals surface area contributed by atoms with Crippen molar-refractivity contribution in [2.45, 2.75) is 32.2 Å². The van der Waals surface area contributed by atoms with E-state index in [-0.39, 0.29) is 0 Å². The van der Waals surface area contributed by atoms with Crippen LogP contribution < -0.4 is 5.32 Å². The Kier molecular flexibility index (Phi) is 5.15. The van der Waals surface area contributed by atoms with E-state index in [1.54, 1.807) is 0 Å². The van der Waals surface area contributed by atoms with Gasteiger partial charge >= 0.3 is 0 Å². The van der Waals surface area contributed by atoms with Crippen molar-refractivity contribution in [1.82, 2.24) is 14.9 Å². The van der Waals surface area contributed by atoms with Crippen LogP contribution in [0.15, 0.2) is 24.3 Å². The molecule has 1 fully saturated rings. The highest BCUT2D eigenvalue weighted by Gasteiger charge is 2.23. The molecule has 0 unspecified atom stereocenters. The van der Waals surface area contributed by atoms with Crippen LogP contribution in [0.1, 0.15) is 28.2 Å². The van der Waals surface area contributed by atoms with Crippen molar-refractivity contribution in [3.63, 3.8) is 0 Å². The Hall–Kier alpha value is -2.53. The Labute approximate surface area is 174 Å². The lowest BCUT2D eigenvalue weighted by molar-refractivity contribution is 0.0331. The van der Waals surface area contributed by atoms with Crippen molar-refractivity contribution in [1.29, 1.82) is 5.26 Å². The number of aromatic nitrogens is 2. The van der Waals surface area contributed by atoms with Crippen LogP contribution >= 0.6 is 11.3 Å². The Morgan fingerprint density at radius 1 is 1.14 bits per heavy atom. The number of nitrogens with zero attached hydrogens (tertiary/aromatic N) is 4. The quantitative estimate of drug-likeness (QED) is 0.696. The SMILES string of the molecule is N#CCc1ccc(Nc2nc(CN3CCOCC3)nc3sc4c(c23)CCC4)cc1. The number of morpholine rings is 1. The van der Waals surface area contributed by atoms with E-state index in [1.807, 2.05) is 35.6 Å². The molecule has 0 spiro atoms. The van der Waals surface area contributed by atoms with Gasteiger partial charge in [-0.2, -0.15) is 5.26 Å². The maximum Gasteiger partial charge on any atom is 0.146 e. The normalized spacial score (nSPS) is 16.7. The average Bonchev–Trinajstić information content (AvgIpc) is 3.31. The van der Waals surface area contributed by atoms with Crippen LogP contribution in [0.2, 0.25) is 0 Å². The number of rotatable bonds is 5. The molecule has 6 nitrogen and oxygen atoms in total. The Balaban J connectivity index is 1.50. The minimum atomic E-state index is 0.430. The monoisotopic (exact) mass is 405 g/mol. The first-order chi connectivity index (χ1) is 14.3. The first kappa shape index (κ1) is 18.5. The average molecular weight is 406 g/mol. The van der Waals surface area contributed by atoms with Crippen LogP contribution in [0, 0.1) is 11.3 Å². The zero-order valence-corrected chi connectivity index (χ0v) is 17.1. The molecule has 1 aliphatic carbocycles. The molecule has 1 N–H and O–H groups in total. The first-order valence-electron chi connectivity index (χ1n) is 10.1. The fourth-order valence-corrected chi connectivity index (χ4v) is 5.37. The number of benzene rings is 1. The summed E-state index contributed by atoms with van der Waals surface area (Å²) in [4.78, 5) is 14.8. The van der Waals surface area contributed by atoms with Gasteiger partial charge < -0.3 is 10.1 Å². The fraction of sp³-hybridized carbons (Fsp3) is 0.409. The van der Waals surface area contributed by atoms with E-state index in [4.69, 9.17) is 20.0 Å². The molecule has 3 heterocycles. The predicted octanol–water partition coefficient (Wildman–Crippen LogP) is 3.82. The molecule has 0 bridgehead atoms. The molecule has 2 aliphatic rings. The van der Waals surface area contributed by atoms with Gasteiger partial charge in [-0.3, -0.25) is 4.90 Å². The van der Waals surface area contributed by atoms with Crippen LogP contribution in [0.3, 0.4) is 0 Å². The molecular weight excluding hydrogens is 382 g/mol. The largest absolute Gasteiger partial charge is 0.379 e. The van der Waals surface area contributed by atoms with Crippen LogP contribution in [0.4, 0.5) is 11.5 Å². The van der Waals surface area contributed by atoms with Crippen LogP contribution in [0.5, 0.6) is 0 Å². The summed E-state index contributed by atoms with van der Waals surface area (Å²) in [6, 6.07) is 10.2.